The topological polar surface area (TPSA) is 42.7 Å². The van der Waals surface area contributed by atoms with E-state index in [2.05, 4.69) is 33.9 Å². The first kappa shape index (κ1) is 12.3. The fraction of sp³-hybridized carbons (Fsp3) is 0.500. The SMILES string of the molecule is CCCNC(Cc1cnn(C)c1)c1cscn1. The Bertz CT molecular complexity index is 435. The molecule has 0 bridgehead atoms. The molecule has 0 saturated heterocycles. The zero-order valence-corrected chi connectivity index (χ0v) is 11.1. The van der Waals surface area contributed by atoms with E-state index in [1.807, 2.05) is 23.4 Å². The zero-order chi connectivity index (χ0) is 12.1. The smallest absolute Gasteiger partial charge is 0.0795 e. The van der Waals surface area contributed by atoms with Gasteiger partial charge >= 0.3 is 0 Å². The Hall–Kier alpha value is -1.20. The van der Waals surface area contributed by atoms with Gasteiger partial charge in [-0.25, -0.2) is 4.98 Å². The van der Waals surface area contributed by atoms with Gasteiger partial charge in [0.25, 0.3) is 0 Å². The number of nitrogens with one attached hydrogen (secondary N) is 1. The van der Waals surface area contributed by atoms with E-state index < -0.39 is 0 Å². The van der Waals surface area contributed by atoms with E-state index >= 15 is 0 Å². The number of nitrogens with zero attached hydrogens (tertiary/aromatic N) is 3. The fourth-order valence-electron chi connectivity index (χ4n) is 1.81. The summed E-state index contributed by atoms with van der Waals surface area (Å²) < 4.78 is 1.84. The van der Waals surface area contributed by atoms with E-state index in [4.69, 9.17) is 0 Å². The van der Waals surface area contributed by atoms with Crippen LogP contribution in [0.1, 0.15) is 30.6 Å². The summed E-state index contributed by atoms with van der Waals surface area (Å²) in [5.41, 5.74) is 4.26. The molecule has 0 amide bonds. The van der Waals surface area contributed by atoms with Crippen LogP contribution < -0.4 is 5.32 Å². The van der Waals surface area contributed by atoms with Gasteiger partial charge in [-0.2, -0.15) is 5.10 Å². The first-order valence-electron chi connectivity index (χ1n) is 5.88. The van der Waals surface area contributed by atoms with E-state index in [1.165, 1.54) is 5.56 Å². The summed E-state index contributed by atoms with van der Waals surface area (Å²) in [4.78, 5) is 4.40. The highest BCUT2D eigenvalue weighted by atomic mass is 32.1. The zero-order valence-electron chi connectivity index (χ0n) is 10.3. The largest absolute Gasteiger partial charge is 0.308 e. The van der Waals surface area contributed by atoms with E-state index in [0.717, 1.165) is 25.1 Å². The maximum absolute atomic E-state index is 4.40. The van der Waals surface area contributed by atoms with E-state index in [-0.39, 0.29) is 0 Å². The number of aromatic nitrogens is 3. The highest BCUT2D eigenvalue weighted by Crippen LogP contribution is 2.18. The van der Waals surface area contributed by atoms with Gasteiger partial charge < -0.3 is 5.32 Å². The fourth-order valence-corrected chi connectivity index (χ4v) is 2.41. The monoisotopic (exact) mass is 250 g/mol. The molecule has 4 nitrogen and oxygen atoms in total. The second-order valence-corrected chi connectivity index (χ2v) is 4.87. The van der Waals surface area contributed by atoms with Crippen molar-refractivity contribution in [1.29, 1.82) is 0 Å². The lowest BCUT2D eigenvalue weighted by Gasteiger charge is -2.15. The number of thiazole rings is 1. The van der Waals surface area contributed by atoms with Gasteiger partial charge in [-0.3, -0.25) is 4.68 Å². The Morgan fingerprint density at radius 2 is 2.41 bits per heavy atom. The Morgan fingerprint density at radius 3 is 3.00 bits per heavy atom. The van der Waals surface area contributed by atoms with Crippen molar-refractivity contribution >= 4 is 11.3 Å². The van der Waals surface area contributed by atoms with Crippen molar-refractivity contribution in [3.05, 3.63) is 34.5 Å². The number of rotatable bonds is 6. The lowest BCUT2D eigenvalue weighted by molar-refractivity contribution is 0.520. The van der Waals surface area contributed by atoms with Gasteiger partial charge in [0.15, 0.2) is 0 Å². The van der Waals surface area contributed by atoms with Crippen molar-refractivity contribution in [1.82, 2.24) is 20.1 Å². The van der Waals surface area contributed by atoms with Crippen molar-refractivity contribution in [2.45, 2.75) is 25.8 Å². The van der Waals surface area contributed by atoms with Crippen LogP contribution in [0.4, 0.5) is 0 Å². The first-order valence-corrected chi connectivity index (χ1v) is 6.83. The van der Waals surface area contributed by atoms with Crippen molar-refractivity contribution in [3.63, 3.8) is 0 Å². The Kier molecular flexibility index (Phi) is 4.28. The van der Waals surface area contributed by atoms with Gasteiger partial charge in [-0.1, -0.05) is 6.92 Å². The van der Waals surface area contributed by atoms with Crippen LogP contribution >= 0.6 is 11.3 Å². The van der Waals surface area contributed by atoms with Gasteiger partial charge in [0.05, 0.1) is 23.4 Å². The summed E-state index contributed by atoms with van der Waals surface area (Å²) in [5, 5.41) is 9.85. The maximum atomic E-state index is 4.40. The predicted octanol–water partition coefficient (Wildman–Crippen LogP) is 2.16. The molecule has 0 aliphatic carbocycles. The molecule has 1 atom stereocenters. The van der Waals surface area contributed by atoms with Crippen LogP contribution in [0.5, 0.6) is 0 Å². The molecular weight excluding hydrogens is 232 g/mol. The normalized spacial score (nSPS) is 12.8. The first-order chi connectivity index (χ1) is 8.29. The minimum absolute atomic E-state index is 0.297. The highest BCUT2D eigenvalue weighted by Gasteiger charge is 2.14. The second kappa shape index (κ2) is 5.93. The van der Waals surface area contributed by atoms with Crippen molar-refractivity contribution < 1.29 is 0 Å². The van der Waals surface area contributed by atoms with Crippen LogP contribution in [-0.4, -0.2) is 21.3 Å². The van der Waals surface area contributed by atoms with Crippen LogP contribution in [0.3, 0.4) is 0 Å². The number of hydrogen-bond acceptors (Lipinski definition) is 4. The minimum atomic E-state index is 0.297. The highest BCUT2D eigenvalue weighted by molar-refractivity contribution is 7.07. The maximum Gasteiger partial charge on any atom is 0.0795 e. The van der Waals surface area contributed by atoms with E-state index in [1.54, 1.807) is 11.3 Å². The molecule has 0 fully saturated rings. The molecule has 0 spiro atoms. The molecule has 2 aromatic heterocycles. The predicted molar refractivity (Wildman–Crippen MR) is 70.1 cm³/mol. The minimum Gasteiger partial charge on any atom is -0.308 e. The Morgan fingerprint density at radius 1 is 1.53 bits per heavy atom. The summed E-state index contributed by atoms with van der Waals surface area (Å²) >= 11 is 1.65. The molecular formula is C12H18N4S. The van der Waals surface area contributed by atoms with Gasteiger partial charge in [0, 0.05) is 18.6 Å². The van der Waals surface area contributed by atoms with Crippen LogP contribution in [0.15, 0.2) is 23.3 Å². The van der Waals surface area contributed by atoms with Crippen LogP contribution in [0, 0.1) is 0 Å². The van der Waals surface area contributed by atoms with Gasteiger partial charge in [0.2, 0.25) is 0 Å². The van der Waals surface area contributed by atoms with Crippen LogP contribution in [-0.2, 0) is 13.5 Å². The molecule has 0 saturated carbocycles. The van der Waals surface area contributed by atoms with Crippen molar-refractivity contribution in [2.24, 2.45) is 7.05 Å². The summed E-state index contributed by atoms with van der Waals surface area (Å²) in [5.74, 6) is 0. The molecule has 1 N–H and O–H groups in total. The average molecular weight is 250 g/mol. The summed E-state index contributed by atoms with van der Waals surface area (Å²) in [6.45, 7) is 3.19. The third-order valence-corrected chi connectivity index (χ3v) is 3.25. The molecule has 2 rings (SSSR count). The van der Waals surface area contributed by atoms with Crippen molar-refractivity contribution in [2.75, 3.05) is 6.54 Å². The Labute approximate surface area is 106 Å². The lowest BCUT2D eigenvalue weighted by Crippen LogP contribution is -2.24. The molecule has 17 heavy (non-hydrogen) atoms. The number of aryl methyl sites for hydroxylation is 1. The lowest BCUT2D eigenvalue weighted by atomic mass is 10.1. The number of hydrogen-bond donors (Lipinski definition) is 1. The quantitative estimate of drug-likeness (QED) is 0.854. The van der Waals surface area contributed by atoms with Gasteiger partial charge in [0.1, 0.15) is 0 Å². The average Bonchev–Trinajstić information content (AvgIpc) is 2.95. The summed E-state index contributed by atoms with van der Waals surface area (Å²) in [7, 11) is 1.95. The third kappa shape index (κ3) is 3.38. The third-order valence-electron chi connectivity index (χ3n) is 2.65. The van der Waals surface area contributed by atoms with Crippen molar-refractivity contribution in [3.8, 4) is 0 Å². The van der Waals surface area contributed by atoms with Gasteiger partial charge in [-0.05, 0) is 24.9 Å². The molecule has 0 aliphatic rings. The molecule has 1 unspecified atom stereocenters. The molecule has 0 radical (unpaired) electrons. The standard InChI is InChI=1S/C12H18N4S/c1-3-4-13-11(12-8-17-9-14-12)5-10-6-15-16(2)7-10/h6-9,11,13H,3-5H2,1-2H3. The van der Waals surface area contributed by atoms with E-state index in [0.29, 0.717) is 6.04 Å². The Balaban J connectivity index is 2.05. The molecule has 5 heteroatoms. The van der Waals surface area contributed by atoms with Gasteiger partial charge in [-0.15, -0.1) is 11.3 Å². The molecule has 0 aliphatic heterocycles. The molecule has 0 aromatic carbocycles. The van der Waals surface area contributed by atoms with Crippen LogP contribution in [0.2, 0.25) is 0 Å². The molecule has 92 valence electrons. The van der Waals surface area contributed by atoms with Crippen LogP contribution in [0.25, 0.3) is 0 Å². The molecule has 2 aromatic rings. The van der Waals surface area contributed by atoms with E-state index in [9.17, 15) is 0 Å². The summed E-state index contributed by atoms with van der Waals surface area (Å²) in [6.07, 6.45) is 6.06. The second-order valence-electron chi connectivity index (χ2n) is 4.15. The summed E-state index contributed by atoms with van der Waals surface area (Å²) in [6, 6.07) is 0.297. The molecule has 2 heterocycles.